The van der Waals surface area contributed by atoms with Gasteiger partial charge in [-0.2, -0.15) is 0 Å². The highest BCUT2D eigenvalue weighted by Crippen LogP contribution is 2.36. The molecule has 0 aliphatic carbocycles. The number of carbonyl (C=O) groups excluding carboxylic acids is 2. The van der Waals surface area contributed by atoms with E-state index in [4.69, 9.17) is 15.2 Å². The van der Waals surface area contributed by atoms with Crippen LogP contribution in [0.3, 0.4) is 0 Å². The zero-order chi connectivity index (χ0) is 19.6. The maximum atomic E-state index is 12.8. The molecule has 2 atom stereocenters. The average Bonchev–Trinajstić information content (AvgIpc) is 3.05. The van der Waals surface area contributed by atoms with Crippen molar-refractivity contribution >= 4 is 29.9 Å². The standard InChI is InChI=1S/C20H29N3O4.ClH/c1-13(2)16(21)7-8-22(3)19(24)15-6-9-23(20(15)25)14-4-5-17-18(12-14)27-11-10-26-17;/h4-5,12-13,15-16H,6-11,21H2,1-3H3;1H. The highest BCUT2D eigenvalue weighted by atomic mass is 35.5. The number of ether oxygens (including phenoxy) is 2. The van der Waals surface area contributed by atoms with Gasteiger partial charge in [0.05, 0.1) is 0 Å². The third kappa shape index (κ3) is 4.70. The summed E-state index contributed by atoms with van der Waals surface area (Å²) in [6.45, 7) is 6.24. The fraction of sp³-hybridized carbons (Fsp3) is 0.600. The molecule has 1 aromatic rings. The topological polar surface area (TPSA) is 85.1 Å². The first-order valence-corrected chi connectivity index (χ1v) is 9.60. The van der Waals surface area contributed by atoms with Crippen molar-refractivity contribution in [2.45, 2.75) is 32.7 Å². The molecule has 0 saturated carbocycles. The number of nitrogens with zero attached hydrogens (tertiary/aromatic N) is 2. The number of rotatable bonds is 6. The van der Waals surface area contributed by atoms with Gasteiger partial charge in [-0.05, 0) is 30.9 Å². The minimum absolute atomic E-state index is 0. The van der Waals surface area contributed by atoms with Crippen LogP contribution in [0.1, 0.15) is 26.7 Å². The molecular weight excluding hydrogens is 382 g/mol. The number of fused-ring (bicyclic) bond motifs is 1. The van der Waals surface area contributed by atoms with Gasteiger partial charge in [0, 0.05) is 37.9 Å². The van der Waals surface area contributed by atoms with Crippen molar-refractivity contribution in [1.29, 1.82) is 0 Å². The van der Waals surface area contributed by atoms with Crippen LogP contribution in [0.25, 0.3) is 0 Å². The summed E-state index contributed by atoms with van der Waals surface area (Å²) in [6.07, 6.45) is 1.25. The Hall–Kier alpha value is -1.99. The molecule has 2 heterocycles. The van der Waals surface area contributed by atoms with Crippen LogP contribution in [0.4, 0.5) is 5.69 Å². The van der Waals surface area contributed by atoms with Crippen LogP contribution in [0.15, 0.2) is 18.2 Å². The fourth-order valence-electron chi connectivity index (χ4n) is 3.42. The smallest absolute Gasteiger partial charge is 0.239 e. The van der Waals surface area contributed by atoms with E-state index in [0.29, 0.717) is 50.1 Å². The van der Waals surface area contributed by atoms with Crippen molar-refractivity contribution in [3.05, 3.63) is 18.2 Å². The van der Waals surface area contributed by atoms with Crippen LogP contribution in [-0.2, 0) is 9.59 Å². The molecule has 3 rings (SSSR count). The van der Waals surface area contributed by atoms with Crippen molar-refractivity contribution in [3.63, 3.8) is 0 Å². The molecule has 2 unspecified atom stereocenters. The second-order valence-electron chi connectivity index (χ2n) is 7.62. The Bertz CT molecular complexity index is 713. The average molecular weight is 412 g/mol. The Balaban J connectivity index is 0.00000280. The van der Waals surface area contributed by atoms with E-state index < -0.39 is 5.92 Å². The largest absolute Gasteiger partial charge is 0.486 e. The number of benzene rings is 1. The summed E-state index contributed by atoms with van der Waals surface area (Å²) in [5, 5.41) is 0. The summed E-state index contributed by atoms with van der Waals surface area (Å²) in [5.41, 5.74) is 6.80. The molecule has 2 N–H and O–H groups in total. The minimum atomic E-state index is -0.626. The summed E-state index contributed by atoms with van der Waals surface area (Å²) in [6, 6.07) is 5.51. The number of carbonyl (C=O) groups is 2. The van der Waals surface area contributed by atoms with E-state index in [2.05, 4.69) is 13.8 Å². The van der Waals surface area contributed by atoms with Crippen LogP contribution in [0.5, 0.6) is 11.5 Å². The van der Waals surface area contributed by atoms with Gasteiger partial charge in [0.15, 0.2) is 11.5 Å². The predicted molar refractivity (Wildman–Crippen MR) is 110 cm³/mol. The number of amides is 2. The summed E-state index contributed by atoms with van der Waals surface area (Å²) in [5.74, 6) is 0.782. The predicted octanol–water partition coefficient (Wildman–Crippen LogP) is 2.06. The lowest BCUT2D eigenvalue weighted by molar-refractivity contribution is -0.138. The Labute approximate surface area is 172 Å². The van der Waals surface area contributed by atoms with Gasteiger partial charge in [-0.1, -0.05) is 13.8 Å². The van der Waals surface area contributed by atoms with E-state index in [1.807, 2.05) is 18.2 Å². The van der Waals surface area contributed by atoms with Crippen LogP contribution in [0.2, 0.25) is 0 Å². The van der Waals surface area contributed by atoms with E-state index in [1.165, 1.54) is 0 Å². The molecule has 28 heavy (non-hydrogen) atoms. The molecule has 0 aromatic heterocycles. The molecule has 7 nitrogen and oxygen atoms in total. The molecule has 2 aliphatic heterocycles. The first-order valence-electron chi connectivity index (χ1n) is 9.60. The minimum Gasteiger partial charge on any atom is -0.486 e. The Morgan fingerprint density at radius 2 is 1.96 bits per heavy atom. The first-order chi connectivity index (χ1) is 12.9. The quantitative estimate of drug-likeness (QED) is 0.724. The molecule has 0 radical (unpaired) electrons. The molecule has 1 fully saturated rings. The SMILES string of the molecule is CC(C)C(N)CCN(C)C(=O)C1CCN(c2ccc3c(c2)OCCO3)C1=O.Cl. The monoisotopic (exact) mass is 411 g/mol. The zero-order valence-corrected chi connectivity index (χ0v) is 17.5. The first kappa shape index (κ1) is 22.3. The molecule has 8 heteroatoms. The number of hydrogen-bond donors (Lipinski definition) is 1. The van der Waals surface area contributed by atoms with Crippen LogP contribution in [0, 0.1) is 11.8 Å². The molecule has 2 amide bonds. The van der Waals surface area contributed by atoms with Gasteiger partial charge in [-0.15, -0.1) is 12.4 Å². The van der Waals surface area contributed by atoms with E-state index in [0.717, 1.165) is 12.1 Å². The van der Waals surface area contributed by atoms with Gasteiger partial charge in [-0.3, -0.25) is 9.59 Å². The van der Waals surface area contributed by atoms with Crippen molar-refractivity contribution in [2.24, 2.45) is 17.6 Å². The number of nitrogens with two attached hydrogens (primary N) is 1. The van der Waals surface area contributed by atoms with E-state index in [1.54, 1.807) is 16.8 Å². The molecule has 1 aromatic carbocycles. The summed E-state index contributed by atoms with van der Waals surface area (Å²) in [7, 11) is 1.75. The second kappa shape index (κ2) is 9.47. The lowest BCUT2D eigenvalue weighted by atomic mass is 10.0. The van der Waals surface area contributed by atoms with Crippen LogP contribution in [-0.4, -0.2) is 56.1 Å². The molecule has 156 valence electrons. The fourth-order valence-corrected chi connectivity index (χ4v) is 3.42. The summed E-state index contributed by atoms with van der Waals surface area (Å²) in [4.78, 5) is 28.9. The Morgan fingerprint density at radius 1 is 1.29 bits per heavy atom. The summed E-state index contributed by atoms with van der Waals surface area (Å²) >= 11 is 0. The van der Waals surface area contributed by atoms with Crippen LogP contribution >= 0.6 is 12.4 Å². The zero-order valence-electron chi connectivity index (χ0n) is 16.7. The highest BCUT2D eigenvalue weighted by molar-refractivity contribution is 6.09. The van der Waals surface area contributed by atoms with Gasteiger partial charge < -0.3 is 25.0 Å². The third-order valence-electron chi connectivity index (χ3n) is 5.37. The molecule has 0 spiro atoms. The maximum Gasteiger partial charge on any atom is 0.239 e. The van der Waals surface area contributed by atoms with E-state index >= 15 is 0 Å². The van der Waals surface area contributed by atoms with Crippen molar-refractivity contribution in [3.8, 4) is 11.5 Å². The van der Waals surface area contributed by atoms with Gasteiger partial charge >= 0.3 is 0 Å². The normalized spacial score (nSPS) is 19.4. The van der Waals surface area contributed by atoms with Crippen molar-refractivity contribution in [2.75, 3.05) is 38.3 Å². The van der Waals surface area contributed by atoms with Gasteiger partial charge in [0.1, 0.15) is 19.1 Å². The number of anilines is 1. The molecule has 0 bridgehead atoms. The van der Waals surface area contributed by atoms with Crippen molar-refractivity contribution in [1.82, 2.24) is 4.90 Å². The Morgan fingerprint density at radius 3 is 2.64 bits per heavy atom. The Kier molecular flexibility index (Phi) is 7.55. The second-order valence-corrected chi connectivity index (χ2v) is 7.62. The molecule has 2 aliphatic rings. The van der Waals surface area contributed by atoms with Crippen molar-refractivity contribution < 1.29 is 19.1 Å². The third-order valence-corrected chi connectivity index (χ3v) is 5.37. The molecule has 1 saturated heterocycles. The lowest BCUT2D eigenvalue weighted by Gasteiger charge is -2.24. The summed E-state index contributed by atoms with van der Waals surface area (Å²) < 4.78 is 11.1. The van der Waals surface area contributed by atoms with Gasteiger partial charge in [0.2, 0.25) is 11.8 Å². The molecular formula is C20H30ClN3O4. The maximum absolute atomic E-state index is 12.8. The number of halogens is 1. The van der Waals surface area contributed by atoms with E-state index in [9.17, 15) is 9.59 Å². The van der Waals surface area contributed by atoms with E-state index in [-0.39, 0.29) is 30.3 Å². The van der Waals surface area contributed by atoms with Gasteiger partial charge in [-0.25, -0.2) is 0 Å². The van der Waals surface area contributed by atoms with Crippen LogP contribution < -0.4 is 20.1 Å². The number of hydrogen-bond acceptors (Lipinski definition) is 5. The lowest BCUT2D eigenvalue weighted by Crippen LogP contribution is -2.40. The highest BCUT2D eigenvalue weighted by Gasteiger charge is 2.39. The van der Waals surface area contributed by atoms with Gasteiger partial charge in [0.25, 0.3) is 0 Å².